The number of ether oxygens (including phenoxy) is 1. The topological polar surface area (TPSA) is 44.1 Å². The summed E-state index contributed by atoms with van der Waals surface area (Å²) in [6.45, 7) is 1.86. The molecule has 11 heteroatoms. The average Bonchev–Trinajstić information content (AvgIpc) is 3.01. The van der Waals surface area contributed by atoms with Crippen LogP contribution in [0.15, 0.2) is 48.5 Å². The van der Waals surface area contributed by atoms with Gasteiger partial charge in [0.2, 0.25) is 0 Å². The van der Waals surface area contributed by atoms with Gasteiger partial charge in [-0.05, 0) is 32.0 Å². The summed E-state index contributed by atoms with van der Waals surface area (Å²) in [5.74, 6) is -2.27. The molecule has 0 atom stereocenters. The second-order valence-corrected chi connectivity index (χ2v) is 7.79. The van der Waals surface area contributed by atoms with E-state index in [-0.39, 0.29) is 0 Å². The molecule has 32 heavy (non-hydrogen) atoms. The Hall–Kier alpha value is -3.11. The molecule has 0 bridgehead atoms. The number of fused-ring (bicyclic) bond motifs is 1. The molecule has 0 spiro atoms. The van der Waals surface area contributed by atoms with E-state index in [1.165, 1.54) is 16.8 Å². The molecule has 3 rings (SSSR count). The van der Waals surface area contributed by atoms with Crippen LogP contribution in [0.3, 0.4) is 0 Å². The van der Waals surface area contributed by atoms with Gasteiger partial charge >= 0.3 is 18.3 Å². The number of hydrogen-bond donors (Lipinski definition) is 0. The molecule has 1 heterocycles. The van der Waals surface area contributed by atoms with Crippen molar-refractivity contribution in [2.75, 3.05) is 0 Å². The van der Waals surface area contributed by atoms with Crippen molar-refractivity contribution < 1.29 is 40.3 Å². The molecule has 1 aromatic heterocycles. The lowest BCUT2D eigenvalue weighted by atomic mass is 9.93. The first-order chi connectivity index (χ1) is 14.7. The Labute approximate surface area is 177 Å². The van der Waals surface area contributed by atoms with Gasteiger partial charge in [-0.25, -0.2) is 4.39 Å². The third-order valence-corrected chi connectivity index (χ3v) is 4.68. The number of esters is 1. The van der Waals surface area contributed by atoms with Crippen molar-refractivity contribution in [3.63, 3.8) is 0 Å². The monoisotopic (exact) mass is 462 g/mol. The predicted molar refractivity (Wildman–Crippen MR) is 101 cm³/mol. The van der Waals surface area contributed by atoms with Crippen LogP contribution in [0.2, 0.25) is 0 Å². The van der Waals surface area contributed by atoms with Crippen LogP contribution in [-0.2, 0) is 16.1 Å². The molecule has 172 valence electrons. The molecule has 2 aromatic carbocycles. The first kappa shape index (κ1) is 23.6. The smallest absolute Gasteiger partial charge is 0.434 e. The molecule has 0 amide bonds. The number of rotatable bonds is 5. The van der Waals surface area contributed by atoms with Crippen molar-refractivity contribution in [3.05, 3.63) is 54.3 Å². The maximum atomic E-state index is 13.9. The van der Waals surface area contributed by atoms with E-state index < -0.39 is 42.2 Å². The number of alkyl halides is 6. The van der Waals surface area contributed by atoms with E-state index in [2.05, 4.69) is 9.84 Å². The number of halogens is 7. The minimum absolute atomic E-state index is 0.340. The average molecular weight is 462 g/mol. The second-order valence-electron chi connectivity index (χ2n) is 7.79. The van der Waals surface area contributed by atoms with E-state index in [0.29, 0.717) is 22.2 Å². The highest BCUT2D eigenvalue weighted by Crippen LogP contribution is 2.38. The van der Waals surface area contributed by atoms with Crippen molar-refractivity contribution in [1.82, 2.24) is 9.78 Å². The zero-order valence-electron chi connectivity index (χ0n) is 16.8. The number of carbonyl (C=O) groups excluding carboxylic acids is 1. The highest BCUT2D eigenvalue weighted by molar-refractivity contribution is 5.93. The quantitative estimate of drug-likeness (QED) is 0.350. The van der Waals surface area contributed by atoms with Crippen molar-refractivity contribution in [2.45, 2.75) is 38.8 Å². The molecule has 0 N–H and O–H groups in total. The first-order valence-electron chi connectivity index (χ1n) is 9.26. The molecule has 0 aliphatic heterocycles. The van der Waals surface area contributed by atoms with Gasteiger partial charge in [-0.15, -0.1) is 0 Å². The Morgan fingerprint density at radius 3 is 2.16 bits per heavy atom. The maximum absolute atomic E-state index is 13.9. The van der Waals surface area contributed by atoms with Crippen molar-refractivity contribution in [1.29, 1.82) is 0 Å². The van der Waals surface area contributed by atoms with Gasteiger partial charge in [-0.3, -0.25) is 9.48 Å². The number of aromatic nitrogens is 2. The first-order valence-corrected chi connectivity index (χ1v) is 9.26. The number of hydrogen-bond acceptors (Lipinski definition) is 3. The fourth-order valence-electron chi connectivity index (χ4n) is 3.11. The summed E-state index contributed by atoms with van der Waals surface area (Å²) in [7, 11) is 0. The van der Waals surface area contributed by atoms with E-state index in [1.807, 2.05) is 0 Å². The summed E-state index contributed by atoms with van der Waals surface area (Å²) >= 11 is 0. The number of benzene rings is 2. The Kier molecular flexibility index (Phi) is 5.96. The van der Waals surface area contributed by atoms with E-state index in [1.54, 1.807) is 30.3 Å². The van der Waals surface area contributed by atoms with E-state index in [4.69, 9.17) is 0 Å². The molecule has 0 saturated carbocycles. The van der Waals surface area contributed by atoms with Crippen molar-refractivity contribution in [2.24, 2.45) is 5.41 Å². The lowest BCUT2D eigenvalue weighted by Crippen LogP contribution is -2.48. The van der Waals surface area contributed by atoms with Gasteiger partial charge < -0.3 is 4.74 Å². The largest absolute Gasteiger partial charge is 0.442 e. The van der Waals surface area contributed by atoms with Crippen LogP contribution in [0.4, 0.5) is 30.7 Å². The molecular formula is C21H17F7N2O2. The lowest BCUT2D eigenvalue weighted by Gasteiger charge is -2.28. The van der Waals surface area contributed by atoms with E-state index in [9.17, 15) is 35.5 Å². The van der Waals surface area contributed by atoms with Crippen LogP contribution in [0.5, 0.6) is 0 Å². The summed E-state index contributed by atoms with van der Waals surface area (Å²) in [5, 5.41) is 4.71. The molecule has 0 aliphatic carbocycles. The van der Waals surface area contributed by atoms with Gasteiger partial charge in [-0.1, -0.05) is 30.3 Å². The molecule has 0 aliphatic rings. The maximum Gasteiger partial charge on any atom is 0.434 e. The zero-order chi connectivity index (χ0) is 23.9. The van der Waals surface area contributed by atoms with Crippen molar-refractivity contribution >= 4 is 16.9 Å². The van der Waals surface area contributed by atoms with Gasteiger partial charge in [0.25, 0.3) is 6.10 Å². The zero-order valence-corrected chi connectivity index (χ0v) is 16.8. The third-order valence-electron chi connectivity index (χ3n) is 4.68. The standard InChI is InChI=1S/C21H17F7N2O2/c1-19(2,18(31)32-17(20(23,24)25)21(26,27)28)11-30-15-9-8-13(22)10-14(15)16(29-30)12-6-4-3-5-7-12/h3-10,17H,11H2,1-2H3. The van der Waals surface area contributed by atoms with Crippen LogP contribution in [0, 0.1) is 11.2 Å². The molecule has 0 saturated heterocycles. The number of nitrogens with zero attached hydrogens (tertiary/aromatic N) is 2. The highest BCUT2D eigenvalue weighted by Gasteiger charge is 2.60. The molecule has 0 radical (unpaired) electrons. The van der Waals surface area contributed by atoms with Gasteiger partial charge in [0.05, 0.1) is 17.5 Å². The predicted octanol–water partition coefficient (Wildman–Crippen LogP) is 5.91. The minimum Gasteiger partial charge on any atom is -0.442 e. The third kappa shape index (κ3) is 4.86. The molecule has 0 unspecified atom stereocenters. The summed E-state index contributed by atoms with van der Waals surface area (Å²) in [6.07, 6.45) is -15.9. The van der Waals surface area contributed by atoms with Crippen LogP contribution in [-0.4, -0.2) is 34.2 Å². The Morgan fingerprint density at radius 2 is 1.59 bits per heavy atom. The van der Waals surface area contributed by atoms with Gasteiger partial charge in [-0.2, -0.15) is 31.4 Å². The van der Waals surface area contributed by atoms with Gasteiger partial charge in [0, 0.05) is 10.9 Å². The van der Waals surface area contributed by atoms with E-state index >= 15 is 0 Å². The normalized spacial score (nSPS) is 13.1. The highest BCUT2D eigenvalue weighted by atomic mass is 19.4. The molecule has 0 fully saturated rings. The fraction of sp³-hybridized carbons (Fsp3) is 0.333. The van der Waals surface area contributed by atoms with Gasteiger partial charge in [0.1, 0.15) is 11.5 Å². The van der Waals surface area contributed by atoms with Gasteiger partial charge in [0.15, 0.2) is 0 Å². The second kappa shape index (κ2) is 8.10. The Bertz CT molecular complexity index is 1100. The van der Waals surface area contributed by atoms with E-state index in [0.717, 1.165) is 19.9 Å². The summed E-state index contributed by atoms with van der Waals surface area (Å²) in [4.78, 5) is 12.3. The fourth-order valence-corrected chi connectivity index (χ4v) is 3.11. The SMILES string of the molecule is CC(C)(Cn1nc(-c2ccccc2)c2cc(F)ccc21)C(=O)OC(C(F)(F)F)C(F)(F)F. The van der Waals surface area contributed by atoms with Crippen LogP contribution < -0.4 is 0 Å². The lowest BCUT2D eigenvalue weighted by molar-refractivity contribution is -0.315. The summed E-state index contributed by atoms with van der Waals surface area (Å²) < 4.78 is 95.6. The summed E-state index contributed by atoms with van der Waals surface area (Å²) in [5.41, 5.74) is -0.533. The van der Waals surface area contributed by atoms with Crippen LogP contribution >= 0.6 is 0 Å². The Morgan fingerprint density at radius 1 is 1.00 bits per heavy atom. The van der Waals surface area contributed by atoms with Crippen molar-refractivity contribution in [3.8, 4) is 11.3 Å². The Balaban J connectivity index is 1.97. The molecule has 4 nitrogen and oxygen atoms in total. The summed E-state index contributed by atoms with van der Waals surface area (Å²) in [6, 6.07) is 12.3. The molecule has 3 aromatic rings. The van der Waals surface area contributed by atoms with Crippen LogP contribution in [0.25, 0.3) is 22.2 Å². The van der Waals surface area contributed by atoms with Crippen LogP contribution in [0.1, 0.15) is 13.8 Å². The molecular weight excluding hydrogens is 445 g/mol. The number of carbonyl (C=O) groups is 1. The minimum atomic E-state index is -5.82.